The molecule has 3 aromatic heterocycles. The van der Waals surface area contributed by atoms with E-state index >= 15 is 0 Å². The van der Waals surface area contributed by atoms with Crippen molar-refractivity contribution in [1.29, 1.82) is 0 Å². The summed E-state index contributed by atoms with van der Waals surface area (Å²) in [4.78, 5) is 18.4. The van der Waals surface area contributed by atoms with Gasteiger partial charge in [0.05, 0.1) is 33.0 Å². The van der Waals surface area contributed by atoms with Gasteiger partial charge in [0.1, 0.15) is 23.2 Å². The molecule has 8 rings (SSSR count). The van der Waals surface area contributed by atoms with Gasteiger partial charge in [-0.2, -0.15) is 8.75 Å². The number of aliphatic imine (C=N–C) groups is 1. The van der Waals surface area contributed by atoms with Gasteiger partial charge in [0, 0.05) is 30.5 Å². The highest BCUT2D eigenvalue weighted by Gasteiger charge is 2.07. The maximum Gasteiger partial charge on any atom is 0.132 e. The van der Waals surface area contributed by atoms with Crippen LogP contribution in [-0.4, -0.2) is 41.0 Å². The average molecular weight is 766 g/mol. The van der Waals surface area contributed by atoms with Crippen LogP contribution in [0.15, 0.2) is 133 Å². The summed E-state index contributed by atoms with van der Waals surface area (Å²) < 4.78 is 9.36. The Kier molecular flexibility index (Phi) is 25.3. The first kappa shape index (κ1) is 47.4. The number of thiazole rings is 1. The highest BCUT2D eigenvalue weighted by atomic mass is 32.1. The van der Waals surface area contributed by atoms with E-state index in [2.05, 4.69) is 123 Å². The SMILES string of the molecule is C1=CC2=NC=CCN2C=C1.CC(C)C.CC(C)C.CC(C)C.CC(C)C.c1ccc2ncncc2c1.c1ccc2nsnc2c1.c1ccc2scnc2c1. The molecule has 2 aliphatic rings. The Morgan fingerprint density at radius 3 is 1.65 bits per heavy atom. The normalized spacial score (nSPS) is 11.8. The highest BCUT2D eigenvalue weighted by molar-refractivity contribution is 7.16. The number of aromatic nitrogens is 5. The fraction of sp³-hybridized carbons (Fsp3) is 0.378. The molecular formula is C45H63N7S2. The molecular weight excluding hydrogens is 703 g/mol. The van der Waals surface area contributed by atoms with E-state index in [1.807, 2.05) is 115 Å². The number of rotatable bonds is 0. The average Bonchev–Trinajstić information content (AvgIpc) is 3.82. The Balaban J connectivity index is 0.000000320. The van der Waals surface area contributed by atoms with Crippen LogP contribution in [-0.2, 0) is 0 Å². The second kappa shape index (κ2) is 28.8. The standard InChI is InChI=1S/C8H8N2.C8H6N2.C7H5NS.C6H4N2S.4C4H10/c1-2-6-10-7-3-5-9-8(10)4-1;1-2-4-8-7(3-1)5-9-6-10-8;1-2-4-7-6(3-1)8-5-9-7;1-2-4-6-5(3-1)7-9-8-6;4*1-4(2)3/h1-6H,7H2;1-6H;1-5H;1-4H;4*4H,1-3H3. The van der Waals surface area contributed by atoms with E-state index in [1.165, 1.54) is 16.4 Å². The fourth-order valence-corrected chi connectivity index (χ4v) is 4.69. The summed E-state index contributed by atoms with van der Waals surface area (Å²) in [6.07, 6.45) is 15.3. The minimum atomic E-state index is 0.833. The summed E-state index contributed by atoms with van der Waals surface area (Å²) in [5.41, 5.74) is 5.94. The monoisotopic (exact) mass is 765 g/mol. The van der Waals surface area contributed by atoms with Crippen molar-refractivity contribution in [1.82, 2.24) is 28.6 Å². The van der Waals surface area contributed by atoms with Gasteiger partial charge in [-0.1, -0.05) is 132 Å². The maximum atomic E-state index is 4.18. The van der Waals surface area contributed by atoms with Crippen molar-refractivity contribution in [2.75, 3.05) is 6.54 Å². The van der Waals surface area contributed by atoms with E-state index in [1.54, 1.807) is 17.7 Å². The third kappa shape index (κ3) is 23.9. The summed E-state index contributed by atoms with van der Waals surface area (Å²) in [5, 5.41) is 1.09. The summed E-state index contributed by atoms with van der Waals surface area (Å²) in [6, 6.07) is 23.9. The predicted octanol–water partition coefficient (Wildman–Crippen LogP) is 13.6. The van der Waals surface area contributed by atoms with Crippen molar-refractivity contribution in [3.05, 3.63) is 128 Å². The van der Waals surface area contributed by atoms with Crippen LogP contribution in [0.25, 0.3) is 32.2 Å². The van der Waals surface area contributed by atoms with E-state index in [0.29, 0.717) is 0 Å². The van der Waals surface area contributed by atoms with Gasteiger partial charge in [-0.15, -0.1) is 11.3 Å². The molecule has 0 fully saturated rings. The van der Waals surface area contributed by atoms with E-state index in [-0.39, 0.29) is 0 Å². The molecule has 0 unspecified atom stereocenters. The summed E-state index contributed by atoms with van der Waals surface area (Å²) in [6.45, 7) is 26.9. The molecule has 7 nitrogen and oxygen atoms in total. The van der Waals surface area contributed by atoms with Crippen molar-refractivity contribution >= 4 is 61.1 Å². The summed E-state index contributed by atoms with van der Waals surface area (Å²) in [7, 11) is 0. The number of fused-ring (bicyclic) bond motifs is 4. The Bertz CT molecular complexity index is 1710. The van der Waals surface area contributed by atoms with Crippen molar-refractivity contribution in [3.63, 3.8) is 0 Å². The molecule has 0 bridgehead atoms. The van der Waals surface area contributed by atoms with E-state index in [4.69, 9.17) is 0 Å². The molecule has 0 amide bonds. The van der Waals surface area contributed by atoms with Crippen molar-refractivity contribution in [3.8, 4) is 0 Å². The lowest BCUT2D eigenvalue weighted by atomic mass is 10.2. The third-order valence-electron chi connectivity index (χ3n) is 5.34. The number of amidine groups is 1. The number of allylic oxidation sites excluding steroid dienone is 2. The Hall–Kier alpha value is -4.60. The fourth-order valence-electron chi connectivity index (χ4n) is 3.48. The zero-order valence-electron chi connectivity index (χ0n) is 34.6. The molecule has 3 aromatic carbocycles. The van der Waals surface area contributed by atoms with Crippen LogP contribution >= 0.6 is 23.1 Å². The van der Waals surface area contributed by atoms with Gasteiger partial charge in [0.15, 0.2) is 0 Å². The van der Waals surface area contributed by atoms with Gasteiger partial charge in [-0.3, -0.25) is 0 Å². The lowest BCUT2D eigenvalue weighted by Crippen LogP contribution is -2.27. The van der Waals surface area contributed by atoms with Crippen molar-refractivity contribution in [2.24, 2.45) is 28.7 Å². The van der Waals surface area contributed by atoms with Gasteiger partial charge >= 0.3 is 0 Å². The summed E-state index contributed by atoms with van der Waals surface area (Å²) in [5.74, 6) is 4.37. The molecule has 0 aliphatic carbocycles. The first-order chi connectivity index (χ1) is 25.8. The molecule has 0 atom stereocenters. The molecule has 5 heterocycles. The van der Waals surface area contributed by atoms with Crippen molar-refractivity contribution in [2.45, 2.75) is 83.1 Å². The molecule has 9 heteroatoms. The van der Waals surface area contributed by atoms with E-state index < -0.39 is 0 Å². The van der Waals surface area contributed by atoms with Gasteiger partial charge in [0.2, 0.25) is 0 Å². The largest absolute Gasteiger partial charge is 0.329 e. The van der Waals surface area contributed by atoms with Crippen LogP contribution < -0.4 is 0 Å². The zero-order valence-corrected chi connectivity index (χ0v) is 36.2. The summed E-state index contributed by atoms with van der Waals surface area (Å²) >= 11 is 2.93. The zero-order chi connectivity index (χ0) is 40.1. The molecule has 290 valence electrons. The van der Waals surface area contributed by atoms with Gasteiger partial charge in [-0.05, 0) is 72.2 Å². The van der Waals surface area contributed by atoms with E-state index in [0.717, 1.165) is 63.5 Å². The van der Waals surface area contributed by atoms with Crippen LogP contribution in [0.1, 0.15) is 83.1 Å². The number of nitrogens with zero attached hydrogens (tertiary/aromatic N) is 7. The molecule has 0 radical (unpaired) electrons. The Labute approximate surface area is 334 Å². The Morgan fingerprint density at radius 2 is 1.11 bits per heavy atom. The van der Waals surface area contributed by atoms with Crippen molar-refractivity contribution < 1.29 is 0 Å². The number of para-hydroxylation sites is 2. The Morgan fingerprint density at radius 1 is 0.593 bits per heavy atom. The highest BCUT2D eigenvalue weighted by Crippen LogP contribution is 2.15. The quantitative estimate of drug-likeness (QED) is 0.153. The second-order valence-corrected chi connectivity index (χ2v) is 16.2. The molecule has 6 aromatic rings. The smallest absolute Gasteiger partial charge is 0.132 e. The third-order valence-corrected chi connectivity index (χ3v) is 6.71. The van der Waals surface area contributed by atoms with Crippen LogP contribution in [0, 0.1) is 23.7 Å². The number of hydrogen-bond donors (Lipinski definition) is 0. The molecule has 54 heavy (non-hydrogen) atoms. The van der Waals surface area contributed by atoms with Crippen LogP contribution in [0.4, 0.5) is 0 Å². The molecule has 0 spiro atoms. The minimum Gasteiger partial charge on any atom is -0.329 e. The maximum absolute atomic E-state index is 4.18. The molecule has 0 N–H and O–H groups in total. The van der Waals surface area contributed by atoms with Gasteiger partial charge in [-0.25, -0.2) is 19.9 Å². The number of hydrogen-bond acceptors (Lipinski definition) is 9. The first-order valence-corrected chi connectivity index (χ1v) is 20.4. The first-order valence-electron chi connectivity index (χ1n) is 18.7. The second-order valence-electron chi connectivity index (χ2n) is 14.8. The molecule has 0 saturated heterocycles. The lowest BCUT2D eigenvalue weighted by molar-refractivity contribution is 0.614. The molecule has 0 saturated carbocycles. The minimum absolute atomic E-state index is 0.833. The van der Waals surface area contributed by atoms with E-state index in [9.17, 15) is 0 Å². The van der Waals surface area contributed by atoms with Crippen LogP contribution in [0.5, 0.6) is 0 Å². The predicted molar refractivity (Wildman–Crippen MR) is 240 cm³/mol. The van der Waals surface area contributed by atoms with Gasteiger partial charge < -0.3 is 4.90 Å². The van der Waals surface area contributed by atoms with Crippen LogP contribution in [0.3, 0.4) is 0 Å². The van der Waals surface area contributed by atoms with Crippen LogP contribution in [0.2, 0.25) is 0 Å². The molecule has 2 aliphatic heterocycles. The lowest BCUT2D eigenvalue weighted by Gasteiger charge is -2.22. The topological polar surface area (TPSA) is 80.0 Å². The van der Waals surface area contributed by atoms with Gasteiger partial charge in [0.25, 0.3) is 0 Å². The number of benzene rings is 3.